The molecule has 2 aromatic carbocycles. The molecule has 0 saturated carbocycles. The third-order valence-electron chi connectivity index (χ3n) is 1.66. The first kappa shape index (κ1) is 13.5. The van der Waals surface area contributed by atoms with Gasteiger partial charge in [0.15, 0.2) is 1.41 Å². The first-order chi connectivity index (χ1) is 6.88. The SMILES string of the molecule is [3H]N(c1cc[c-]cc1)c1cc[c-]cc1.[Y].[Y]. The number of hydrogen-bond donors (Lipinski definition) is 1. The zero-order valence-electron chi connectivity index (χ0n) is 9.22. The summed E-state index contributed by atoms with van der Waals surface area (Å²) < 4.78 is 7.86. The van der Waals surface area contributed by atoms with Crippen molar-refractivity contribution < 1.29 is 66.8 Å². The molecule has 0 aliphatic rings. The van der Waals surface area contributed by atoms with Crippen LogP contribution in [0.3, 0.4) is 0 Å². The summed E-state index contributed by atoms with van der Waals surface area (Å²) in [5.74, 6) is 0. The summed E-state index contributed by atoms with van der Waals surface area (Å²) >= 11 is 0. The smallest absolute Gasteiger partial charge is 0.162 e. The number of rotatable bonds is 2. The van der Waals surface area contributed by atoms with E-state index < -0.39 is 0 Å². The maximum atomic E-state index is 7.86. The first-order valence-corrected chi connectivity index (χ1v) is 4.09. The topological polar surface area (TPSA) is 12.0 Å². The van der Waals surface area contributed by atoms with Crippen molar-refractivity contribution in [2.75, 3.05) is 5.31 Å². The molecule has 1 N–H and O–H groups in total. The molecule has 15 heavy (non-hydrogen) atoms. The Morgan fingerprint density at radius 3 is 1.47 bits per heavy atom. The molecule has 0 saturated heterocycles. The van der Waals surface area contributed by atoms with Crippen molar-refractivity contribution in [3.63, 3.8) is 0 Å². The van der Waals surface area contributed by atoms with Crippen LogP contribution in [0.5, 0.6) is 0 Å². The molecule has 2 rings (SSSR count). The van der Waals surface area contributed by atoms with Crippen molar-refractivity contribution in [3.05, 3.63) is 60.7 Å². The molecule has 70 valence electrons. The van der Waals surface area contributed by atoms with Gasteiger partial charge in [0.05, 0.1) is 0 Å². The molecule has 0 bridgehead atoms. The zero-order chi connectivity index (χ0) is 9.80. The van der Waals surface area contributed by atoms with Gasteiger partial charge in [-0.05, 0) is 0 Å². The van der Waals surface area contributed by atoms with Gasteiger partial charge in [0.25, 0.3) is 0 Å². The molecule has 0 aliphatic carbocycles. The Bertz CT molecular complexity index is 355. The van der Waals surface area contributed by atoms with Crippen LogP contribution in [-0.4, -0.2) is 0 Å². The van der Waals surface area contributed by atoms with Crippen molar-refractivity contribution in [1.29, 1.82) is 0 Å². The van der Waals surface area contributed by atoms with E-state index in [1.165, 1.54) is 5.31 Å². The van der Waals surface area contributed by atoms with Crippen LogP contribution in [0, 0.1) is 12.1 Å². The van der Waals surface area contributed by atoms with E-state index in [0.29, 0.717) is 0 Å². The molecule has 0 unspecified atom stereocenters. The Hall–Kier alpha value is 0.448. The largest absolute Gasteiger partial charge is 0.400 e. The monoisotopic (exact) mass is 347 g/mol. The Labute approximate surface area is 142 Å². The Kier molecular flexibility index (Phi) is 7.73. The minimum Gasteiger partial charge on any atom is -0.400 e. The van der Waals surface area contributed by atoms with Crippen molar-refractivity contribution in [2.24, 2.45) is 0 Å². The quantitative estimate of drug-likeness (QED) is 0.824. The summed E-state index contributed by atoms with van der Waals surface area (Å²) in [6.45, 7) is 0. The molecule has 1 nitrogen and oxygen atoms in total. The predicted molar refractivity (Wildman–Crippen MR) is 53.8 cm³/mol. The van der Waals surface area contributed by atoms with Gasteiger partial charge in [0.2, 0.25) is 0 Å². The van der Waals surface area contributed by atoms with Crippen LogP contribution in [0.2, 0.25) is 1.41 Å². The zero-order valence-corrected chi connectivity index (χ0v) is 13.9. The van der Waals surface area contributed by atoms with Crippen molar-refractivity contribution in [3.8, 4) is 0 Å². The fraction of sp³-hybridized carbons (Fsp3) is 0. The normalized spacial score (nSPS) is 9.20. The Morgan fingerprint density at radius 2 is 1.13 bits per heavy atom. The number of nitrogens with one attached hydrogen (secondary N) is 1. The third kappa shape index (κ3) is 5.35. The molecule has 0 atom stereocenters. The number of anilines is 2. The molecule has 0 aliphatic heterocycles. The van der Waals surface area contributed by atoms with Crippen LogP contribution in [0.15, 0.2) is 48.5 Å². The van der Waals surface area contributed by atoms with Gasteiger partial charge in [-0.2, -0.15) is 36.4 Å². The molecular weight excluding hydrogens is 336 g/mol. The Balaban J connectivity index is 0.00000112. The maximum absolute atomic E-state index is 7.86. The summed E-state index contributed by atoms with van der Waals surface area (Å²) in [5.41, 5.74) is 1.66. The molecule has 2 radical (unpaired) electrons. The fourth-order valence-electron chi connectivity index (χ4n) is 1.05. The third-order valence-corrected chi connectivity index (χ3v) is 1.66. The van der Waals surface area contributed by atoms with Crippen molar-refractivity contribution in [1.82, 2.24) is 0 Å². The second kappa shape index (κ2) is 8.58. The molecule has 0 heterocycles. The predicted octanol–water partition coefficient (Wildman–Crippen LogP) is 3.03. The van der Waals surface area contributed by atoms with E-state index >= 15 is 0 Å². The average molecular weight is 347 g/mol. The summed E-state index contributed by atoms with van der Waals surface area (Å²) in [6, 6.07) is 20.4. The van der Waals surface area contributed by atoms with Crippen molar-refractivity contribution >= 4 is 11.4 Å². The minimum atomic E-state index is 0. The van der Waals surface area contributed by atoms with Crippen LogP contribution in [0.1, 0.15) is 0 Å². The summed E-state index contributed by atoms with van der Waals surface area (Å²) in [6.07, 6.45) is 0. The van der Waals surface area contributed by atoms with E-state index in [1.54, 1.807) is 24.3 Å². The van der Waals surface area contributed by atoms with Gasteiger partial charge in [-0.1, -0.05) is 11.4 Å². The van der Waals surface area contributed by atoms with Crippen LogP contribution < -0.4 is 5.31 Å². The van der Waals surface area contributed by atoms with Gasteiger partial charge in [-0.3, -0.25) is 0 Å². The van der Waals surface area contributed by atoms with Gasteiger partial charge in [0.1, 0.15) is 0 Å². The molecule has 0 aromatic heterocycles. The molecular formula is C12H9NY2-2. The van der Waals surface area contributed by atoms with Crippen LogP contribution >= 0.6 is 0 Å². The minimum absolute atomic E-state index is 0. The van der Waals surface area contributed by atoms with Gasteiger partial charge in [-0.15, -0.1) is 24.3 Å². The average Bonchev–Trinajstić information content (AvgIpc) is 2.30. The second-order valence-corrected chi connectivity index (χ2v) is 2.63. The van der Waals surface area contributed by atoms with E-state index in [9.17, 15) is 0 Å². The molecule has 0 amide bonds. The standard InChI is InChI=1S/C12H9N.2Y/c1-3-7-11(8-4-1)13-12-9-5-2-6-10-12;;/h3-10,13H;;/q-2;;/i/hT. The summed E-state index contributed by atoms with van der Waals surface area (Å²) in [4.78, 5) is 0. The van der Waals surface area contributed by atoms with E-state index in [0.717, 1.165) is 11.4 Å². The first-order valence-electron chi connectivity index (χ1n) is 4.54. The molecule has 0 spiro atoms. The second-order valence-electron chi connectivity index (χ2n) is 2.63. The summed E-state index contributed by atoms with van der Waals surface area (Å²) in [5, 5.41) is 1.38. The number of benzene rings is 2. The molecule has 2 aromatic rings. The molecule has 3 heteroatoms. The van der Waals surface area contributed by atoms with E-state index in [4.69, 9.17) is 1.41 Å². The van der Waals surface area contributed by atoms with Crippen LogP contribution in [-0.2, 0) is 65.4 Å². The molecule has 0 fully saturated rings. The Morgan fingerprint density at radius 1 is 0.800 bits per heavy atom. The van der Waals surface area contributed by atoms with E-state index in [2.05, 4.69) is 12.1 Å². The van der Waals surface area contributed by atoms with Gasteiger partial charge >= 0.3 is 0 Å². The van der Waals surface area contributed by atoms with Gasteiger partial charge in [-0.25, -0.2) is 0 Å². The summed E-state index contributed by atoms with van der Waals surface area (Å²) in [7, 11) is 0. The maximum Gasteiger partial charge on any atom is 0.162 e. The van der Waals surface area contributed by atoms with E-state index in [-0.39, 0.29) is 65.4 Å². The van der Waals surface area contributed by atoms with Crippen LogP contribution in [0.25, 0.3) is 0 Å². The van der Waals surface area contributed by atoms with Crippen LogP contribution in [0.4, 0.5) is 11.4 Å². The fourth-order valence-corrected chi connectivity index (χ4v) is 1.05. The van der Waals surface area contributed by atoms with Gasteiger partial charge in [0, 0.05) is 65.4 Å². The van der Waals surface area contributed by atoms with Gasteiger partial charge < -0.3 is 5.31 Å². The van der Waals surface area contributed by atoms with Crippen molar-refractivity contribution in [2.45, 2.75) is 0 Å². The van der Waals surface area contributed by atoms with E-state index in [1.807, 2.05) is 24.3 Å². The number of hydrogen-bond acceptors (Lipinski definition) is 1.